The first kappa shape index (κ1) is 11.5. The summed E-state index contributed by atoms with van der Waals surface area (Å²) in [6.45, 7) is 1.93. The lowest BCUT2D eigenvalue weighted by molar-refractivity contribution is 1.05. The highest BCUT2D eigenvalue weighted by molar-refractivity contribution is 6.43. The van der Waals surface area contributed by atoms with Crippen molar-refractivity contribution >= 4 is 28.8 Å². The van der Waals surface area contributed by atoms with E-state index in [1.807, 2.05) is 29.7 Å². The molecule has 0 unspecified atom stereocenters. The third-order valence-electron chi connectivity index (χ3n) is 2.85. The first-order valence-electron chi connectivity index (χ1n) is 5.41. The van der Waals surface area contributed by atoms with E-state index < -0.39 is 0 Å². The summed E-state index contributed by atoms with van der Waals surface area (Å²) in [4.78, 5) is 8.70. The quantitative estimate of drug-likeness (QED) is 0.673. The number of fused-ring (bicyclic) bond motifs is 1. The molecule has 0 saturated heterocycles. The minimum Gasteiger partial charge on any atom is -0.290 e. The number of nitrogens with zero attached hydrogens (tertiary/aromatic N) is 3. The van der Waals surface area contributed by atoms with Gasteiger partial charge in [0.25, 0.3) is 0 Å². The van der Waals surface area contributed by atoms with E-state index in [0.29, 0.717) is 10.0 Å². The van der Waals surface area contributed by atoms with Gasteiger partial charge in [-0.2, -0.15) is 0 Å². The smallest absolute Gasteiger partial charge is 0.147 e. The average Bonchev–Trinajstić information content (AvgIpc) is 2.82. The van der Waals surface area contributed by atoms with Crippen LogP contribution in [-0.4, -0.2) is 14.4 Å². The van der Waals surface area contributed by atoms with Gasteiger partial charge in [0.15, 0.2) is 0 Å². The van der Waals surface area contributed by atoms with Crippen LogP contribution in [-0.2, 0) is 0 Å². The van der Waals surface area contributed by atoms with Crippen molar-refractivity contribution in [3.8, 4) is 11.1 Å². The number of imidazole rings is 1. The van der Waals surface area contributed by atoms with Gasteiger partial charge in [-0.3, -0.25) is 4.40 Å². The second-order valence-electron chi connectivity index (χ2n) is 3.96. The van der Waals surface area contributed by atoms with Crippen LogP contribution in [0.1, 0.15) is 5.69 Å². The summed E-state index contributed by atoms with van der Waals surface area (Å²) in [5.74, 6) is 0. The second-order valence-corrected chi connectivity index (χ2v) is 4.75. The Labute approximate surface area is 114 Å². The van der Waals surface area contributed by atoms with Gasteiger partial charge in [-0.25, -0.2) is 9.97 Å². The summed E-state index contributed by atoms with van der Waals surface area (Å²) in [6.07, 6.45) is 5.32. The summed E-state index contributed by atoms with van der Waals surface area (Å²) in [5, 5.41) is 1.06. The van der Waals surface area contributed by atoms with Gasteiger partial charge in [-0.05, 0) is 13.0 Å². The number of aromatic nitrogens is 3. The predicted molar refractivity (Wildman–Crippen MR) is 73.2 cm³/mol. The van der Waals surface area contributed by atoms with Crippen LogP contribution < -0.4 is 0 Å². The molecule has 0 aliphatic heterocycles. The molecule has 18 heavy (non-hydrogen) atoms. The molecular formula is C13H9Cl2N3. The lowest BCUT2D eigenvalue weighted by Gasteiger charge is -2.09. The molecule has 0 radical (unpaired) electrons. The molecule has 0 fully saturated rings. The van der Waals surface area contributed by atoms with Gasteiger partial charge in [-0.1, -0.05) is 35.3 Å². The fourth-order valence-electron chi connectivity index (χ4n) is 1.99. The summed E-state index contributed by atoms with van der Waals surface area (Å²) in [5.41, 5.74) is 3.46. The molecule has 5 heteroatoms. The zero-order valence-corrected chi connectivity index (χ0v) is 11.1. The zero-order chi connectivity index (χ0) is 12.7. The first-order chi connectivity index (χ1) is 8.68. The molecule has 90 valence electrons. The molecule has 3 rings (SSSR count). The van der Waals surface area contributed by atoms with Crippen LogP contribution in [0.3, 0.4) is 0 Å². The second kappa shape index (κ2) is 4.26. The van der Waals surface area contributed by atoms with Gasteiger partial charge in [0.05, 0.1) is 15.7 Å². The molecule has 1 aromatic carbocycles. The number of aryl methyl sites for hydroxylation is 1. The van der Waals surface area contributed by atoms with Crippen LogP contribution in [0.4, 0.5) is 0 Å². The predicted octanol–water partition coefficient (Wildman–Crippen LogP) is 4.01. The summed E-state index contributed by atoms with van der Waals surface area (Å²) < 4.78 is 1.86. The number of hydrogen-bond acceptors (Lipinski definition) is 2. The molecular weight excluding hydrogens is 269 g/mol. The lowest BCUT2D eigenvalue weighted by atomic mass is 10.1. The topological polar surface area (TPSA) is 30.2 Å². The highest BCUT2D eigenvalue weighted by Crippen LogP contribution is 2.36. The van der Waals surface area contributed by atoms with E-state index in [1.165, 1.54) is 0 Å². The lowest BCUT2D eigenvalue weighted by Crippen LogP contribution is -1.95. The molecule has 3 nitrogen and oxygen atoms in total. The number of halogens is 2. The maximum absolute atomic E-state index is 6.27. The Morgan fingerprint density at radius 2 is 2.00 bits per heavy atom. The van der Waals surface area contributed by atoms with E-state index in [2.05, 4.69) is 9.97 Å². The number of hydrogen-bond donors (Lipinski definition) is 0. The Morgan fingerprint density at radius 3 is 2.83 bits per heavy atom. The van der Waals surface area contributed by atoms with Crippen LogP contribution in [0.15, 0.2) is 36.9 Å². The molecule has 0 saturated carbocycles. The molecule has 0 bridgehead atoms. The third kappa shape index (κ3) is 1.67. The Morgan fingerprint density at radius 1 is 1.17 bits per heavy atom. The molecule has 0 N–H and O–H groups in total. The fourth-order valence-corrected chi connectivity index (χ4v) is 2.38. The molecule has 2 aromatic heterocycles. The Kier molecular flexibility index (Phi) is 2.73. The molecule has 0 aliphatic carbocycles. The SMILES string of the molecule is Cc1ncn2ccnc2c1-c1cccc(Cl)c1Cl. The Hall–Kier alpha value is -1.58. The molecule has 0 amide bonds. The van der Waals surface area contributed by atoms with Crippen LogP contribution in [0, 0.1) is 6.92 Å². The van der Waals surface area contributed by atoms with Crippen molar-refractivity contribution in [2.45, 2.75) is 6.92 Å². The Bertz CT molecular complexity index is 734. The highest BCUT2D eigenvalue weighted by Gasteiger charge is 2.14. The van der Waals surface area contributed by atoms with Crippen LogP contribution in [0.25, 0.3) is 16.8 Å². The van der Waals surface area contributed by atoms with Crippen molar-refractivity contribution in [2.75, 3.05) is 0 Å². The van der Waals surface area contributed by atoms with E-state index in [-0.39, 0.29) is 0 Å². The monoisotopic (exact) mass is 277 g/mol. The highest BCUT2D eigenvalue weighted by atomic mass is 35.5. The van der Waals surface area contributed by atoms with E-state index in [4.69, 9.17) is 23.2 Å². The van der Waals surface area contributed by atoms with Crippen molar-refractivity contribution in [1.29, 1.82) is 0 Å². The summed E-state index contributed by atoms with van der Waals surface area (Å²) in [7, 11) is 0. The van der Waals surface area contributed by atoms with Crippen molar-refractivity contribution in [3.05, 3.63) is 52.7 Å². The maximum atomic E-state index is 6.27. The third-order valence-corrected chi connectivity index (χ3v) is 3.67. The van der Waals surface area contributed by atoms with Crippen LogP contribution in [0.5, 0.6) is 0 Å². The summed E-state index contributed by atoms with van der Waals surface area (Å²) in [6, 6.07) is 5.56. The van der Waals surface area contributed by atoms with Gasteiger partial charge < -0.3 is 0 Å². The molecule has 0 atom stereocenters. The number of rotatable bonds is 1. The summed E-state index contributed by atoms with van der Waals surface area (Å²) >= 11 is 12.3. The van der Waals surface area contributed by atoms with Gasteiger partial charge in [0, 0.05) is 23.5 Å². The van der Waals surface area contributed by atoms with Crippen LogP contribution >= 0.6 is 23.2 Å². The minimum absolute atomic E-state index is 0.528. The molecule has 3 aromatic rings. The van der Waals surface area contributed by atoms with Gasteiger partial charge in [-0.15, -0.1) is 0 Å². The maximum Gasteiger partial charge on any atom is 0.147 e. The van der Waals surface area contributed by atoms with Crippen molar-refractivity contribution in [2.24, 2.45) is 0 Å². The van der Waals surface area contributed by atoms with E-state index >= 15 is 0 Å². The van der Waals surface area contributed by atoms with Crippen molar-refractivity contribution in [3.63, 3.8) is 0 Å². The Balaban J connectivity index is 2.40. The van der Waals surface area contributed by atoms with Gasteiger partial charge in [0.1, 0.15) is 12.0 Å². The van der Waals surface area contributed by atoms with E-state index in [0.717, 1.165) is 22.5 Å². The van der Waals surface area contributed by atoms with Crippen LogP contribution in [0.2, 0.25) is 10.0 Å². The van der Waals surface area contributed by atoms with Crippen molar-refractivity contribution in [1.82, 2.24) is 14.4 Å². The fraction of sp³-hybridized carbons (Fsp3) is 0.0769. The molecule has 2 heterocycles. The van der Waals surface area contributed by atoms with E-state index in [1.54, 1.807) is 18.6 Å². The van der Waals surface area contributed by atoms with E-state index in [9.17, 15) is 0 Å². The van der Waals surface area contributed by atoms with Crippen molar-refractivity contribution < 1.29 is 0 Å². The minimum atomic E-state index is 0.528. The standard InChI is InChI=1S/C13H9Cl2N3/c1-8-11(9-3-2-4-10(14)12(9)15)13-16-5-6-18(13)7-17-8/h2-7H,1H3. The largest absolute Gasteiger partial charge is 0.290 e. The molecule has 0 spiro atoms. The number of benzene rings is 1. The zero-order valence-electron chi connectivity index (χ0n) is 9.56. The first-order valence-corrected chi connectivity index (χ1v) is 6.16. The normalized spacial score (nSPS) is 11.1. The molecule has 0 aliphatic rings. The van der Waals surface area contributed by atoms with Gasteiger partial charge in [0.2, 0.25) is 0 Å². The van der Waals surface area contributed by atoms with Gasteiger partial charge >= 0.3 is 0 Å². The average molecular weight is 278 g/mol.